The summed E-state index contributed by atoms with van der Waals surface area (Å²) in [7, 11) is 0. The fraction of sp³-hybridized carbons (Fsp3) is 0.0345. The maximum Gasteiger partial charge on any atom is 0.0620 e. The molecule has 4 aromatic heterocycles. The van der Waals surface area contributed by atoms with Crippen LogP contribution < -0.4 is 0 Å². The van der Waals surface area contributed by atoms with Gasteiger partial charge in [-0.3, -0.25) is 0 Å². The van der Waals surface area contributed by atoms with Gasteiger partial charge in [0.1, 0.15) is 0 Å². The molecule has 61 heavy (non-hydrogen) atoms. The smallest absolute Gasteiger partial charge is 0.0620 e. The van der Waals surface area contributed by atoms with Gasteiger partial charge in [-0.15, -0.1) is 0 Å². The van der Waals surface area contributed by atoms with Crippen molar-refractivity contribution in [2.75, 3.05) is 0 Å². The van der Waals surface area contributed by atoms with E-state index in [9.17, 15) is 0 Å². The summed E-state index contributed by atoms with van der Waals surface area (Å²) in [6, 6.07) is 58.2. The van der Waals surface area contributed by atoms with Gasteiger partial charge in [0.2, 0.25) is 0 Å². The maximum absolute atomic E-state index is 4.14. The molecular weight excluding hydrogens is 739 g/mol. The second kappa shape index (κ2) is 14.4. The van der Waals surface area contributed by atoms with E-state index in [0.29, 0.717) is 0 Å². The normalized spacial score (nSPS) is 12.1. The second-order valence-electron chi connectivity index (χ2n) is 15.8. The van der Waals surface area contributed by atoms with Crippen LogP contribution in [0.2, 0.25) is 0 Å². The van der Waals surface area contributed by atoms with E-state index in [1.807, 2.05) is 50.3 Å². The lowest BCUT2D eigenvalue weighted by molar-refractivity contribution is 1.18. The summed E-state index contributed by atoms with van der Waals surface area (Å²) in [6.45, 7) is 12.2. The molecule has 0 aliphatic rings. The van der Waals surface area contributed by atoms with E-state index < -0.39 is 0 Å². The van der Waals surface area contributed by atoms with Gasteiger partial charge in [0.15, 0.2) is 0 Å². The lowest BCUT2D eigenvalue weighted by Gasteiger charge is -2.11. The molecule has 0 unspecified atom stereocenters. The first kappa shape index (κ1) is 36.2. The Bertz CT molecular complexity index is 3740. The van der Waals surface area contributed by atoms with Crippen LogP contribution in [-0.4, -0.2) is 14.0 Å². The zero-order valence-corrected chi connectivity index (χ0v) is 34.3. The summed E-state index contributed by atoms with van der Waals surface area (Å²) in [4.78, 5) is 3.54. The average Bonchev–Trinajstić information content (AvgIpc) is 4.05. The molecule has 3 heteroatoms. The van der Waals surface area contributed by atoms with Gasteiger partial charge in [0.05, 0.1) is 27.6 Å². The van der Waals surface area contributed by atoms with Crippen LogP contribution in [0.4, 0.5) is 0 Å². The van der Waals surface area contributed by atoms with Crippen molar-refractivity contribution < 1.29 is 0 Å². The van der Waals surface area contributed by atoms with Crippen LogP contribution in [0.5, 0.6) is 0 Å². The molecule has 0 saturated heterocycles. The highest BCUT2D eigenvalue weighted by molar-refractivity contribution is 6.26. The first-order valence-corrected chi connectivity index (χ1v) is 21.0. The highest BCUT2D eigenvalue weighted by Crippen LogP contribution is 2.44. The maximum atomic E-state index is 4.14. The van der Waals surface area contributed by atoms with Crippen LogP contribution in [0, 0.1) is 0 Å². The number of fused-ring (bicyclic) bond motifs is 12. The Hall–Kier alpha value is -7.88. The van der Waals surface area contributed by atoms with Crippen molar-refractivity contribution in [3.8, 4) is 27.9 Å². The van der Waals surface area contributed by atoms with Crippen LogP contribution in [0.1, 0.15) is 25.1 Å². The predicted molar refractivity (Wildman–Crippen MR) is 265 cm³/mol. The number of allylic oxidation sites excluding steroid dienone is 4. The second-order valence-corrected chi connectivity index (χ2v) is 15.8. The van der Waals surface area contributed by atoms with Crippen molar-refractivity contribution in [2.45, 2.75) is 13.8 Å². The molecule has 0 atom stereocenters. The molecule has 0 spiro atoms. The zero-order chi connectivity index (χ0) is 41.2. The number of aromatic amines is 1. The van der Waals surface area contributed by atoms with E-state index in [1.165, 1.54) is 98.3 Å². The van der Waals surface area contributed by atoms with Crippen molar-refractivity contribution in [3.05, 3.63) is 206 Å². The Kier molecular flexibility index (Phi) is 8.57. The van der Waals surface area contributed by atoms with Crippen molar-refractivity contribution in [1.82, 2.24) is 14.0 Å². The Balaban J connectivity index is 0.000000656. The third-order valence-electron chi connectivity index (χ3n) is 12.4. The minimum atomic E-state index is 1.01. The Morgan fingerprint density at radius 2 is 1.13 bits per heavy atom. The number of nitrogens with one attached hydrogen (secondary N) is 1. The van der Waals surface area contributed by atoms with Crippen LogP contribution in [0.3, 0.4) is 0 Å². The average molecular weight is 782 g/mol. The number of rotatable bonds is 6. The van der Waals surface area contributed by atoms with Crippen molar-refractivity contribution >= 4 is 93.7 Å². The SMILES string of the molecule is C/C=C\C=C/C.C=Cc1[nH]c2ccc3cc4c(cc3c2c1C=C)c1cccc2c3cc(-c5ccc6c7ccccc7n(-c7cccc(-c8ccccc8)c7)c6c5)ccc3n4c21. The van der Waals surface area contributed by atoms with Crippen molar-refractivity contribution in [1.29, 1.82) is 0 Å². The number of hydrogen-bond acceptors (Lipinski definition) is 0. The van der Waals surface area contributed by atoms with Gasteiger partial charge >= 0.3 is 0 Å². The quantitative estimate of drug-likeness (QED) is 0.163. The molecule has 0 bridgehead atoms. The first-order chi connectivity index (χ1) is 30.1. The molecule has 1 N–H and O–H groups in total. The topological polar surface area (TPSA) is 25.1 Å². The lowest BCUT2D eigenvalue weighted by Crippen LogP contribution is -1.94. The molecule has 0 radical (unpaired) electrons. The molecule has 0 amide bonds. The fourth-order valence-electron chi connectivity index (χ4n) is 9.70. The lowest BCUT2D eigenvalue weighted by atomic mass is 9.98. The zero-order valence-electron chi connectivity index (χ0n) is 34.3. The van der Waals surface area contributed by atoms with Crippen molar-refractivity contribution in [2.24, 2.45) is 0 Å². The van der Waals surface area contributed by atoms with Gasteiger partial charge in [0, 0.05) is 60.2 Å². The van der Waals surface area contributed by atoms with Crippen LogP contribution >= 0.6 is 0 Å². The van der Waals surface area contributed by atoms with Gasteiger partial charge in [-0.25, -0.2) is 0 Å². The molecule has 290 valence electrons. The molecule has 3 nitrogen and oxygen atoms in total. The molecule has 0 aliphatic heterocycles. The van der Waals surface area contributed by atoms with Crippen molar-refractivity contribution in [3.63, 3.8) is 0 Å². The van der Waals surface area contributed by atoms with Crippen LogP contribution in [-0.2, 0) is 0 Å². The summed E-state index contributed by atoms with van der Waals surface area (Å²) < 4.78 is 4.90. The monoisotopic (exact) mass is 781 g/mol. The number of aromatic nitrogens is 3. The molecular formula is C58H43N3. The van der Waals surface area contributed by atoms with Crippen LogP contribution in [0.15, 0.2) is 195 Å². The number of nitrogens with zero attached hydrogens (tertiary/aromatic N) is 2. The Morgan fingerprint density at radius 1 is 0.459 bits per heavy atom. The van der Waals surface area contributed by atoms with Crippen LogP contribution in [0.25, 0.3) is 122 Å². The summed E-state index contributed by atoms with van der Waals surface area (Å²) >= 11 is 0. The largest absolute Gasteiger partial charge is 0.355 e. The van der Waals surface area contributed by atoms with E-state index >= 15 is 0 Å². The summed E-state index contributed by atoms with van der Waals surface area (Å²) in [5.74, 6) is 0. The highest BCUT2D eigenvalue weighted by atomic mass is 15.0. The standard InChI is InChI=1S/C52H33N3.C6H10/c1-3-37-45(4-2)53-46-24-21-35-29-50-44(30-42(35)51(37)46)41-18-11-17-40-43-27-33(22-25-48(43)55(50)52(40)41)34-20-23-39-38-16-8-9-19-47(38)54(49(39)28-34)36-15-10-14-32(26-36)31-12-6-5-7-13-31;1-3-5-6-4-2/h3-30,53H,1-2H2;3-6H,1-2H3/b;5-3-,6-4-. The van der Waals surface area contributed by atoms with E-state index in [4.69, 9.17) is 0 Å². The van der Waals surface area contributed by atoms with E-state index in [2.05, 4.69) is 185 Å². The number of benzene rings is 8. The number of hydrogen-bond donors (Lipinski definition) is 1. The molecule has 0 fully saturated rings. The van der Waals surface area contributed by atoms with E-state index in [0.717, 1.165) is 22.5 Å². The van der Waals surface area contributed by atoms with Gasteiger partial charge in [-0.05, 0) is 108 Å². The predicted octanol–water partition coefficient (Wildman–Crippen LogP) is 16.3. The van der Waals surface area contributed by atoms with Gasteiger partial charge in [0.25, 0.3) is 0 Å². The molecule has 12 rings (SSSR count). The molecule has 8 aromatic carbocycles. The minimum Gasteiger partial charge on any atom is -0.355 e. The Morgan fingerprint density at radius 3 is 1.92 bits per heavy atom. The summed E-state index contributed by atoms with van der Waals surface area (Å²) in [6.07, 6.45) is 11.8. The molecule has 4 heterocycles. The first-order valence-electron chi connectivity index (χ1n) is 21.0. The van der Waals surface area contributed by atoms with E-state index in [1.54, 1.807) is 0 Å². The van der Waals surface area contributed by atoms with Gasteiger partial charge < -0.3 is 14.0 Å². The molecule has 12 aromatic rings. The van der Waals surface area contributed by atoms with Gasteiger partial charge in [-0.2, -0.15) is 0 Å². The molecule has 0 aliphatic carbocycles. The fourth-order valence-corrected chi connectivity index (χ4v) is 9.70. The minimum absolute atomic E-state index is 1.01. The Labute approximate surface area is 354 Å². The van der Waals surface area contributed by atoms with E-state index in [-0.39, 0.29) is 0 Å². The highest BCUT2D eigenvalue weighted by Gasteiger charge is 2.20. The number of para-hydroxylation sites is 2. The van der Waals surface area contributed by atoms with Gasteiger partial charge in [-0.1, -0.05) is 147 Å². The number of H-pyrrole nitrogens is 1. The summed E-state index contributed by atoms with van der Waals surface area (Å²) in [5.41, 5.74) is 15.3. The third kappa shape index (κ3) is 5.58. The molecule has 0 saturated carbocycles. The third-order valence-corrected chi connectivity index (χ3v) is 12.4. The summed E-state index contributed by atoms with van der Waals surface area (Å²) in [5, 5.41) is 11.2.